The number of para-hydroxylation sites is 1. The van der Waals surface area contributed by atoms with Crippen LogP contribution in [0.1, 0.15) is 57.8 Å². The molecule has 1 aromatic carbocycles. The third kappa shape index (κ3) is 7.91. The molecule has 0 amide bonds. The summed E-state index contributed by atoms with van der Waals surface area (Å²) in [5.41, 5.74) is 0.351. The second-order valence-corrected chi connectivity index (χ2v) is 8.14. The predicted octanol–water partition coefficient (Wildman–Crippen LogP) is 3.16. The molecule has 2 rings (SSSR count). The van der Waals surface area contributed by atoms with Crippen molar-refractivity contribution >= 4 is 11.7 Å². The van der Waals surface area contributed by atoms with Crippen molar-refractivity contribution in [2.24, 2.45) is 11.8 Å². The monoisotopic (exact) mass is 411 g/mol. The van der Waals surface area contributed by atoms with Gasteiger partial charge in [0, 0.05) is 13.0 Å². The summed E-state index contributed by atoms with van der Waals surface area (Å²) in [4.78, 5) is 10.5. The summed E-state index contributed by atoms with van der Waals surface area (Å²) in [5.74, 6) is -1.21. The van der Waals surface area contributed by atoms with Crippen LogP contribution in [-0.2, 0) is 4.79 Å². The van der Waals surface area contributed by atoms with E-state index in [4.69, 9.17) is 5.11 Å². The van der Waals surface area contributed by atoms with Crippen LogP contribution in [0.4, 0.5) is 10.1 Å². The van der Waals surface area contributed by atoms with Gasteiger partial charge in [-0.3, -0.25) is 4.79 Å². The number of rotatable bonds is 13. The molecule has 0 bridgehead atoms. The molecule has 0 radical (unpaired) electrons. The van der Waals surface area contributed by atoms with Gasteiger partial charge < -0.3 is 25.7 Å². The summed E-state index contributed by atoms with van der Waals surface area (Å²) in [6.07, 6.45) is 3.93. The maximum atomic E-state index is 13.6. The first-order chi connectivity index (χ1) is 13.9. The summed E-state index contributed by atoms with van der Waals surface area (Å²) in [6.45, 7) is 0.223. The molecule has 0 heterocycles. The fourth-order valence-corrected chi connectivity index (χ4v) is 4.31. The molecule has 0 saturated heterocycles. The molecule has 29 heavy (non-hydrogen) atoms. The first-order valence-corrected chi connectivity index (χ1v) is 10.6. The van der Waals surface area contributed by atoms with Crippen molar-refractivity contribution < 1.29 is 29.6 Å². The van der Waals surface area contributed by atoms with Crippen LogP contribution in [0.2, 0.25) is 0 Å². The Morgan fingerprint density at radius 2 is 1.72 bits per heavy atom. The van der Waals surface area contributed by atoms with Gasteiger partial charge in [-0.2, -0.15) is 0 Å². The van der Waals surface area contributed by atoms with E-state index < -0.39 is 24.3 Å². The first-order valence-electron chi connectivity index (χ1n) is 10.6. The maximum absolute atomic E-state index is 13.6. The van der Waals surface area contributed by atoms with E-state index in [1.54, 1.807) is 18.2 Å². The van der Waals surface area contributed by atoms with Crippen LogP contribution in [0, 0.1) is 17.7 Å². The van der Waals surface area contributed by atoms with Gasteiger partial charge in [0.15, 0.2) is 0 Å². The van der Waals surface area contributed by atoms with E-state index in [0.717, 1.165) is 25.7 Å². The number of aliphatic hydroxyl groups is 3. The fraction of sp³-hybridized carbons (Fsp3) is 0.682. The van der Waals surface area contributed by atoms with E-state index >= 15 is 0 Å². The van der Waals surface area contributed by atoms with E-state index in [1.165, 1.54) is 6.07 Å². The zero-order valence-electron chi connectivity index (χ0n) is 16.8. The second-order valence-electron chi connectivity index (χ2n) is 8.14. The van der Waals surface area contributed by atoms with Gasteiger partial charge in [0.25, 0.3) is 0 Å². The lowest BCUT2D eigenvalue weighted by molar-refractivity contribution is -0.137. The van der Waals surface area contributed by atoms with Gasteiger partial charge in [0.05, 0.1) is 24.0 Å². The maximum Gasteiger partial charge on any atom is 0.303 e. The number of hydrogen-bond donors (Lipinski definition) is 5. The van der Waals surface area contributed by atoms with E-state index in [0.29, 0.717) is 31.4 Å². The van der Waals surface area contributed by atoms with E-state index in [2.05, 4.69) is 5.32 Å². The summed E-state index contributed by atoms with van der Waals surface area (Å²) >= 11 is 0. The average molecular weight is 412 g/mol. The van der Waals surface area contributed by atoms with Crippen LogP contribution in [0.25, 0.3) is 0 Å². The minimum absolute atomic E-state index is 0.00352. The molecule has 1 aliphatic carbocycles. The van der Waals surface area contributed by atoms with Crippen LogP contribution in [0.15, 0.2) is 24.3 Å². The highest BCUT2D eigenvalue weighted by molar-refractivity contribution is 5.66. The third-order valence-electron chi connectivity index (χ3n) is 5.93. The van der Waals surface area contributed by atoms with Crippen molar-refractivity contribution in [1.29, 1.82) is 0 Å². The van der Waals surface area contributed by atoms with Gasteiger partial charge in [-0.25, -0.2) is 4.39 Å². The number of aliphatic hydroxyl groups excluding tert-OH is 3. The predicted molar refractivity (Wildman–Crippen MR) is 109 cm³/mol. The van der Waals surface area contributed by atoms with Crippen molar-refractivity contribution in [2.75, 3.05) is 11.9 Å². The Balaban J connectivity index is 1.72. The van der Waals surface area contributed by atoms with Crippen molar-refractivity contribution in [1.82, 2.24) is 0 Å². The highest BCUT2D eigenvalue weighted by Gasteiger charge is 2.40. The minimum Gasteiger partial charge on any atom is -0.481 e. The van der Waals surface area contributed by atoms with Gasteiger partial charge in [0.1, 0.15) is 5.82 Å². The van der Waals surface area contributed by atoms with Crippen LogP contribution in [-0.4, -0.2) is 51.3 Å². The zero-order valence-corrected chi connectivity index (χ0v) is 16.8. The van der Waals surface area contributed by atoms with Crippen LogP contribution >= 0.6 is 0 Å². The number of halogens is 1. The molecule has 0 aliphatic heterocycles. The first kappa shape index (κ1) is 23.6. The standard InChI is InChI=1S/C22H34FNO5/c23-18-8-5-6-9-19(18)24-14-15(25)11-12-17-16(20(26)13-21(17)27)7-3-1-2-4-10-22(28)29/h5-6,8-9,15-17,20-21,24-27H,1-4,7,10-14H2,(H,28,29)/t15?,16?,17-,20?,21?/m1/s1. The Morgan fingerprint density at radius 3 is 2.41 bits per heavy atom. The van der Waals surface area contributed by atoms with Gasteiger partial charge in [-0.1, -0.05) is 31.4 Å². The number of carboxylic acids is 1. The second kappa shape index (κ2) is 12.1. The summed E-state index contributed by atoms with van der Waals surface area (Å²) in [5, 5.41) is 42.4. The Morgan fingerprint density at radius 1 is 1.07 bits per heavy atom. The Labute approximate surface area is 171 Å². The number of nitrogens with one attached hydrogen (secondary N) is 1. The lowest BCUT2D eigenvalue weighted by Crippen LogP contribution is -2.26. The molecule has 1 fully saturated rings. The molecule has 4 unspecified atom stereocenters. The van der Waals surface area contributed by atoms with Gasteiger partial charge in [-0.05, 0) is 56.1 Å². The van der Waals surface area contributed by atoms with E-state index in [-0.39, 0.29) is 30.6 Å². The quantitative estimate of drug-likeness (QED) is 0.319. The smallest absolute Gasteiger partial charge is 0.303 e. The normalized spacial score (nSPS) is 25.1. The Kier molecular flexibility index (Phi) is 9.84. The number of hydrogen-bond acceptors (Lipinski definition) is 5. The van der Waals surface area contributed by atoms with Crippen LogP contribution in [0.5, 0.6) is 0 Å². The molecule has 5 N–H and O–H groups in total. The van der Waals surface area contributed by atoms with Crippen molar-refractivity contribution in [3.63, 3.8) is 0 Å². The molecule has 5 atom stereocenters. The molecular formula is C22H34FNO5. The fourth-order valence-electron chi connectivity index (χ4n) is 4.31. The number of anilines is 1. The van der Waals surface area contributed by atoms with Crippen molar-refractivity contribution in [3.8, 4) is 0 Å². The number of aliphatic carboxylic acids is 1. The topological polar surface area (TPSA) is 110 Å². The Hall–Kier alpha value is -1.70. The SMILES string of the molecule is O=C(O)CCCCCCC1C(O)CC(O)[C@@H]1CCC(O)CNc1ccccc1F. The lowest BCUT2D eigenvalue weighted by atomic mass is 9.85. The highest BCUT2D eigenvalue weighted by atomic mass is 19.1. The van der Waals surface area contributed by atoms with Gasteiger partial charge in [-0.15, -0.1) is 0 Å². The Bertz CT molecular complexity index is 629. The molecule has 0 spiro atoms. The van der Waals surface area contributed by atoms with Gasteiger partial charge in [0.2, 0.25) is 0 Å². The average Bonchev–Trinajstić information content (AvgIpc) is 2.94. The molecule has 6 nitrogen and oxygen atoms in total. The summed E-state index contributed by atoms with van der Waals surface area (Å²) in [6, 6.07) is 6.30. The molecule has 164 valence electrons. The molecule has 1 saturated carbocycles. The number of benzene rings is 1. The molecule has 7 heteroatoms. The van der Waals surface area contributed by atoms with E-state index in [1.807, 2.05) is 0 Å². The largest absolute Gasteiger partial charge is 0.481 e. The minimum atomic E-state index is -0.776. The number of unbranched alkanes of at least 4 members (excludes halogenated alkanes) is 3. The highest BCUT2D eigenvalue weighted by Crippen LogP contribution is 2.39. The molecule has 0 aromatic heterocycles. The van der Waals surface area contributed by atoms with Crippen LogP contribution < -0.4 is 5.32 Å². The lowest BCUT2D eigenvalue weighted by Gasteiger charge is -2.25. The van der Waals surface area contributed by atoms with Crippen LogP contribution in [0.3, 0.4) is 0 Å². The van der Waals surface area contributed by atoms with Crippen molar-refractivity contribution in [3.05, 3.63) is 30.1 Å². The zero-order chi connectivity index (χ0) is 21.2. The molecule has 1 aliphatic rings. The number of carbonyl (C=O) groups is 1. The molecule has 1 aromatic rings. The van der Waals surface area contributed by atoms with Gasteiger partial charge >= 0.3 is 5.97 Å². The van der Waals surface area contributed by atoms with E-state index in [9.17, 15) is 24.5 Å². The third-order valence-corrected chi connectivity index (χ3v) is 5.93. The van der Waals surface area contributed by atoms with Crippen molar-refractivity contribution in [2.45, 2.75) is 76.1 Å². The summed E-state index contributed by atoms with van der Waals surface area (Å²) < 4.78 is 13.6. The molecular weight excluding hydrogens is 377 g/mol. The summed E-state index contributed by atoms with van der Waals surface area (Å²) in [7, 11) is 0. The number of carboxylic acid groups (broad SMARTS) is 1.